The Labute approximate surface area is 116 Å². The van der Waals surface area contributed by atoms with Crippen LogP contribution in [0.1, 0.15) is 91.9 Å². The van der Waals surface area contributed by atoms with Crippen LogP contribution in [0.2, 0.25) is 0 Å². The van der Waals surface area contributed by atoms with Crippen LogP contribution in [0.3, 0.4) is 0 Å². The van der Waals surface area contributed by atoms with Gasteiger partial charge in [0.25, 0.3) is 0 Å². The van der Waals surface area contributed by atoms with Gasteiger partial charge in [0.05, 0.1) is 0 Å². The average Bonchev–Trinajstić information content (AvgIpc) is 2.36. The predicted molar refractivity (Wildman–Crippen MR) is 85.0 cm³/mol. The monoisotopic (exact) mass is 252 g/mol. The predicted octanol–water partition coefficient (Wildman–Crippen LogP) is 6.76. The summed E-state index contributed by atoms with van der Waals surface area (Å²) >= 11 is 0. The minimum absolute atomic E-state index is 0.907. The van der Waals surface area contributed by atoms with E-state index in [1.807, 2.05) is 0 Å². The molecule has 0 aromatic carbocycles. The van der Waals surface area contributed by atoms with E-state index in [-0.39, 0.29) is 0 Å². The Morgan fingerprint density at radius 1 is 0.667 bits per heavy atom. The van der Waals surface area contributed by atoms with E-state index >= 15 is 0 Å². The van der Waals surface area contributed by atoms with Crippen LogP contribution in [0, 0.1) is 11.8 Å². The van der Waals surface area contributed by atoms with Crippen molar-refractivity contribution in [1.29, 1.82) is 0 Å². The van der Waals surface area contributed by atoms with Crippen molar-refractivity contribution in [3.05, 3.63) is 12.2 Å². The third-order valence-electron chi connectivity index (χ3n) is 3.90. The maximum absolute atomic E-state index is 2.43. The van der Waals surface area contributed by atoms with Crippen LogP contribution in [0.15, 0.2) is 12.2 Å². The molecule has 0 heteroatoms. The number of rotatable bonds is 12. The molecule has 0 rings (SSSR count). The lowest BCUT2D eigenvalue weighted by atomic mass is 9.92. The van der Waals surface area contributed by atoms with Gasteiger partial charge in [0.2, 0.25) is 0 Å². The molecule has 0 aromatic rings. The lowest BCUT2D eigenvalue weighted by Crippen LogP contribution is -2.00. The van der Waals surface area contributed by atoms with Crippen molar-refractivity contribution < 1.29 is 0 Å². The van der Waals surface area contributed by atoms with Crippen molar-refractivity contribution in [2.45, 2.75) is 91.9 Å². The summed E-state index contributed by atoms with van der Waals surface area (Å²) in [6, 6.07) is 0. The number of hydrogen-bond acceptors (Lipinski definition) is 0. The molecule has 0 spiro atoms. The standard InChI is InChI=1S/C18H36/c1-5-7-9-10-12-14-18(4)16-15-17(3)13-11-8-6-2/h9-10,17-18H,5-8,11-16H2,1-4H3. The van der Waals surface area contributed by atoms with E-state index in [2.05, 4.69) is 39.8 Å². The summed E-state index contributed by atoms with van der Waals surface area (Å²) in [5.41, 5.74) is 0. The van der Waals surface area contributed by atoms with Crippen molar-refractivity contribution in [3.63, 3.8) is 0 Å². The van der Waals surface area contributed by atoms with Crippen LogP contribution in [0.5, 0.6) is 0 Å². The molecule has 0 bridgehead atoms. The molecule has 0 aliphatic carbocycles. The Bertz CT molecular complexity index is 180. The zero-order chi connectivity index (χ0) is 13.6. The molecule has 0 N–H and O–H groups in total. The molecule has 0 fully saturated rings. The Balaban J connectivity index is 3.42. The number of hydrogen-bond donors (Lipinski definition) is 0. The number of allylic oxidation sites excluding steroid dienone is 2. The zero-order valence-electron chi connectivity index (χ0n) is 13.4. The maximum Gasteiger partial charge on any atom is -0.0348 e. The van der Waals surface area contributed by atoms with Gasteiger partial charge < -0.3 is 0 Å². The molecule has 0 saturated carbocycles. The lowest BCUT2D eigenvalue weighted by Gasteiger charge is -2.14. The Morgan fingerprint density at radius 2 is 1.28 bits per heavy atom. The summed E-state index contributed by atoms with van der Waals surface area (Å²) in [4.78, 5) is 0. The highest BCUT2D eigenvalue weighted by molar-refractivity contribution is 4.81. The highest BCUT2D eigenvalue weighted by Gasteiger charge is 2.06. The van der Waals surface area contributed by atoms with Crippen molar-refractivity contribution in [2.75, 3.05) is 0 Å². The summed E-state index contributed by atoms with van der Waals surface area (Å²) in [7, 11) is 0. The first-order chi connectivity index (χ1) is 8.70. The van der Waals surface area contributed by atoms with Gasteiger partial charge in [-0.05, 0) is 31.1 Å². The van der Waals surface area contributed by atoms with Gasteiger partial charge in [0, 0.05) is 0 Å². The second kappa shape index (κ2) is 13.2. The SMILES string of the molecule is CCCC=CCCC(C)CCC(C)CCCCC. The lowest BCUT2D eigenvalue weighted by molar-refractivity contribution is 0.389. The van der Waals surface area contributed by atoms with E-state index in [1.54, 1.807) is 0 Å². The van der Waals surface area contributed by atoms with Gasteiger partial charge in [-0.1, -0.05) is 84.8 Å². The second-order valence-electron chi connectivity index (χ2n) is 6.12. The van der Waals surface area contributed by atoms with Gasteiger partial charge in [0.15, 0.2) is 0 Å². The summed E-state index contributed by atoms with van der Waals surface area (Å²) < 4.78 is 0. The van der Waals surface area contributed by atoms with E-state index in [4.69, 9.17) is 0 Å². The molecular formula is C18H36. The third-order valence-corrected chi connectivity index (χ3v) is 3.90. The molecule has 2 unspecified atom stereocenters. The van der Waals surface area contributed by atoms with Crippen LogP contribution in [-0.4, -0.2) is 0 Å². The van der Waals surface area contributed by atoms with Crippen molar-refractivity contribution in [1.82, 2.24) is 0 Å². The minimum Gasteiger partial charge on any atom is -0.0885 e. The van der Waals surface area contributed by atoms with Crippen LogP contribution in [-0.2, 0) is 0 Å². The van der Waals surface area contributed by atoms with Crippen LogP contribution >= 0.6 is 0 Å². The van der Waals surface area contributed by atoms with E-state index in [9.17, 15) is 0 Å². The fourth-order valence-electron chi connectivity index (χ4n) is 2.38. The first kappa shape index (κ1) is 17.7. The van der Waals surface area contributed by atoms with Gasteiger partial charge in [-0.3, -0.25) is 0 Å². The molecule has 0 amide bonds. The summed E-state index contributed by atoms with van der Waals surface area (Å²) in [6.07, 6.45) is 18.4. The molecule has 0 radical (unpaired) electrons. The molecule has 0 aliphatic rings. The summed E-state index contributed by atoms with van der Waals surface area (Å²) in [6.45, 7) is 9.39. The minimum atomic E-state index is 0.907. The second-order valence-corrected chi connectivity index (χ2v) is 6.12. The first-order valence-corrected chi connectivity index (χ1v) is 8.35. The smallest absolute Gasteiger partial charge is 0.0348 e. The molecule has 0 heterocycles. The van der Waals surface area contributed by atoms with E-state index < -0.39 is 0 Å². The van der Waals surface area contributed by atoms with Gasteiger partial charge in [0.1, 0.15) is 0 Å². The Kier molecular flexibility index (Phi) is 13.0. The van der Waals surface area contributed by atoms with Crippen molar-refractivity contribution in [3.8, 4) is 0 Å². The van der Waals surface area contributed by atoms with Gasteiger partial charge in [-0.2, -0.15) is 0 Å². The molecule has 0 nitrogen and oxygen atoms in total. The Morgan fingerprint density at radius 3 is 1.89 bits per heavy atom. The van der Waals surface area contributed by atoms with Crippen molar-refractivity contribution >= 4 is 0 Å². The van der Waals surface area contributed by atoms with E-state index in [0.717, 1.165) is 11.8 Å². The largest absolute Gasteiger partial charge is 0.0885 e. The van der Waals surface area contributed by atoms with Gasteiger partial charge >= 0.3 is 0 Å². The summed E-state index contributed by atoms with van der Waals surface area (Å²) in [5.74, 6) is 1.85. The quantitative estimate of drug-likeness (QED) is 0.266. The highest BCUT2D eigenvalue weighted by Crippen LogP contribution is 2.20. The van der Waals surface area contributed by atoms with E-state index in [0.29, 0.717) is 0 Å². The third kappa shape index (κ3) is 12.2. The van der Waals surface area contributed by atoms with Gasteiger partial charge in [-0.15, -0.1) is 0 Å². The molecule has 0 aromatic heterocycles. The molecule has 2 atom stereocenters. The average molecular weight is 252 g/mol. The Hall–Kier alpha value is -0.260. The fraction of sp³-hybridized carbons (Fsp3) is 0.889. The normalized spacial score (nSPS) is 15.1. The van der Waals surface area contributed by atoms with Crippen molar-refractivity contribution in [2.24, 2.45) is 11.8 Å². The fourth-order valence-corrected chi connectivity index (χ4v) is 2.38. The summed E-state index contributed by atoms with van der Waals surface area (Å²) in [5, 5.41) is 0. The van der Waals surface area contributed by atoms with Crippen LogP contribution in [0.25, 0.3) is 0 Å². The molecule has 108 valence electrons. The topological polar surface area (TPSA) is 0 Å². The highest BCUT2D eigenvalue weighted by atomic mass is 14.1. The van der Waals surface area contributed by atoms with Gasteiger partial charge in [-0.25, -0.2) is 0 Å². The molecule has 0 saturated heterocycles. The van der Waals surface area contributed by atoms with Crippen LogP contribution < -0.4 is 0 Å². The molecule has 18 heavy (non-hydrogen) atoms. The van der Waals surface area contributed by atoms with Crippen LogP contribution in [0.4, 0.5) is 0 Å². The zero-order valence-corrected chi connectivity index (χ0v) is 13.4. The maximum atomic E-state index is 2.43. The number of unbranched alkanes of at least 4 members (excludes halogenated alkanes) is 3. The molecule has 0 aliphatic heterocycles. The van der Waals surface area contributed by atoms with E-state index in [1.165, 1.54) is 64.2 Å². The first-order valence-electron chi connectivity index (χ1n) is 8.35. The molecular weight excluding hydrogens is 216 g/mol.